The van der Waals surface area contributed by atoms with E-state index in [1.54, 1.807) is 20.8 Å². The number of ether oxygens (including phenoxy) is 2. The summed E-state index contributed by atoms with van der Waals surface area (Å²) < 4.78 is 38.9. The number of carbonyl (C=O) groups is 2. The molecule has 0 bridgehead atoms. The van der Waals surface area contributed by atoms with Gasteiger partial charge in [0.1, 0.15) is 22.8 Å². The number of nitrogens with zero attached hydrogens (tertiary/aromatic N) is 1. The third-order valence-corrected chi connectivity index (χ3v) is 7.20. The fraction of sp³-hybridized carbons (Fsp3) is 0.667. The second-order valence-corrected chi connectivity index (χ2v) is 10.5. The highest BCUT2D eigenvalue weighted by molar-refractivity contribution is 5.91. The standard InChI is InChI=1S/C24H32F2N2O4/c1-22(2,3)32-21(30)28-15-19(16-12-17(25)14-18(26)13-16)27-20(29)24(28)6-4-23(5-7-24)8-10-31-11-9-23/h12-14,19H,4-11,15H2,1-3H3,(H,27,29). The van der Waals surface area contributed by atoms with E-state index in [0.717, 1.165) is 45.0 Å². The Bertz CT molecular complexity index is 862. The Hall–Kier alpha value is -2.22. The van der Waals surface area contributed by atoms with Crippen LogP contribution in [-0.4, -0.2) is 47.8 Å². The number of hydrogen-bond donors (Lipinski definition) is 1. The van der Waals surface area contributed by atoms with Gasteiger partial charge < -0.3 is 14.8 Å². The Morgan fingerprint density at radius 2 is 1.66 bits per heavy atom. The molecule has 2 amide bonds. The molecule has 8 heteroatoms. The molecule has 1 N–H and O–H groups in total. The number of amides is 2. The number of nitrogens with one attached hydrogen (secondary N) is 1. The number of carbonyl (C=O) groups excluding carboxylic acids is 2. The first-order chi connectivity index (χ1) is 15.0. The van der Waals surface area contributed by atoms with Gasteiger partial charge in [-0.2, -0.15) is 0 Å². The lowest BCUT2D eigenvalue weighted by Crippen LogP contribution is -2.69. The lowest BCUT2D eigenvalue weighted by atomic mass is 9.62. The Balaban J connectivity index is 1.63. The van der Waals surface area contributed by atoms with Crippen LogP contribution in [0.2, 0.25) is 0 Å². The van der Waals surface area contributed by atoms with Crippen LogP contribution in [0.5, 0.6) is 0 Å². The molecule has 3 fully saturated rings. The first-order valence-corrected chi connectivity index (χ1v) is 11.4. The van der Waals surface area contributed by atoms with Gasteiger partial charge >= 0.3 is 6.09 Å². The predicted octanol–water partition coefficient (Wildman–Crippen LogP) is 4.48. The molecule has 3 aliphatic rings. The van der Waals surface area contributed by atoms with Gasteiger partial charge in [0.2, 0.25) is 5.91 Å². The number of rotatable bonds is 1. The van der Waals surface area contributed by atoms with Crippen molar-refractivity contribution in [1.82, 2.24) is 10.2 Å². The Labute approximate surface area is 187 Å². The lowest BCUT2D eigenvalue weighted by Gasteiger charge is -2.54. The van der Waals surface area contributed by atoms with Crippen molar-refractivity contribution in [2.24, 2.45) is 5.41 Å². The van der Waals surface area contributed by atoms with Crippen molar-refractivity contribution >= 4 is 12.0 Å². The van der Waals surface area contributed by atoms with Crippen molar-refractivity contribution in [1.29, 1.82) is 0 Å². The molecule has 1 aliphatic carbocycles. The summed E-state index contributed by atoms with van der Waals surface area (Å²) in [5.41, 5.74) is -1.32. The van der Waals surface area contributed by atoms with E-state index < -0.39 is 34.9 Å². The van der Waals surface area contributed by atoms with Crippen LogP contribution in [0.25, 0.3) is 0 Å². The van der Waals surface area contributed by atoms with Crippen LogP contribution in [0.1, 0.15) is 70.9 Å². The van der Waals surface area contributed by atoms with Gasteiger partial charge in [-0.05, 0) is 82.4 Å². The molecule has 32 heavy (non-hydrogen) atoms. The first-order valence-electron chi connectivity index (χ1n) is 11.4. The quantitative estimate of drug-likeness (QED) is 0.685. The van der Waals surface area contributed by atoms with Crippen LogP contribution in [-0.2, 0) is 14.3 Å². The van der Waals surface area contributed by atoms with Crippen molar-refractivity contribution in [2.75, 3.05) is 19.8 Å². The molecule has 2 heterocycles. The molecule has 4 rings (SSSR count). The van der Waals surface area contributed by atoms with E-state index >= 15 is 0 Å². The molecule has 0 radical (unpaired) electrons. The van der Waals surface area contributed by atoms with Gasteiger partial charge in [-0.3, -0.25) is 9.69 Å². The van der Waals surface area contributed by atoms with Gasteiger partial charge in [-0.1, -0.05) is 0 Å². The second-order valence-electron chi connectivity index (χ2n) is 10.5. The Morgan fingerprint density at radius 1 is 1.06 bits per heavy atom. The van der Waals surface area contributed by atoms with Crippen LogP contribution in [0.15, 0.2) is 18.2 Å². The Morgan fingerprint density at radius 3 is 2.22 bits per heavy atom. The van der Waals surface area contributed by atoms with Crippen molar-refractivity contribution < 1.29 is 27.8 Å². The van der Waals surface area contributed by atoms with Gasteiger partial charge in [-0.15, -0.1) is 0 Å². The maximum Gasteiger partial charge on any atom is 0.411 e. The van der Waals surface area contributed by atoms with E-state index in [0.29, 0.717) is 12.8 Å². The summed E-state index contributed by atoms with van der Waals surface area (Å²) in [6.45, 7) is 6.88. The minimum Gasteiger partial charge on any atom is -0.444 e. The zero-order valence-electron chi connectivity index (χ0n) is 19.0. The van der Waals surface area contributed by atoms with Crippen molar-refractivity contribution in [3.8, 4) is 0 Å². The van der Waals surface area contributed by atoms with E-state index in [-0.39, 0.29) is 23.4 Å². The third-order valence-electron chi connectivity index (χ3n) is 7.20. The first kappa shape index (κ1) is 23.0. The van der Waals surface area contributed by atoms with E-state index in [9.17, 15) is 18.4 Å². The normalized spacial score (nSPS) is 25.0. The zero-order chi connectivity index (χ0) is 23.1. The van der Waals surface area contributed by atoms with Crippen LogP contribution < -0.4 is 5.32 Å². The monoisotopic (exact) mass is 450 g/mol. The summed E-state index contributed by atoms with van der Waals surface area (Å²) in [6.07, 6.45) is 4.05. The topological polar surface area (TPSA) is 67.9 Å². The van der Waals surface area contributed by atoms with Crippen LogP contribution >= 0.6 is 0 Å². The summed E-state index contributed by atoms with van der Waals surface area (Å²) in [5, 5.41) is 2.94. The fourth-order valence-corrected chi connectivity index (χ4v) is 5.34. The third kappa shape index (κ3) is 4.47. The van der Waals surface area contributed by atoms with Gasteiger partial charge in [0.25, 0.3) is 0 Å². The molecular formula is C24H32F2N2O4. The highest BCUT2D eigenvalue weighted by atomic mass is 19.1. The average Bonchev–Trinajstić information content (AvgIpc) is 2.70. The minimum atomic E-state index is -1.02. The molecule has 1 aromatic carbocycles. The van der Waals surface area contributed by atoms with E-state index in [1.807, 2.05) is 0 Å². The summed E-state index contributed by atoms with van der Waals surface area (Å²) in [5.74, 6) is -1.74. The molecule has 1 unspecified atom stereocenters. The molecule has 6 nitrogen and oxygen atoms in total. The molecule has 2 spiro atoms. The molecule has 2 aliphatic heterocycles. The molecule has 1 atom stereocenters. The molecule has 2 saturated heterocycles. The lowest BCUT2D eigenvalue weighted by molar-refractivity contribution is -0.146. The summed E-state index contributed by atoms with van der Waals surface area (Å²) in [4.78, 5) is 28.3. The number of hydrogen-bond acceptors (Lipinski definition) is 4. The van der Waals surface area contributed by atoms with E-state index in [4.69, 9.17) is 9.47 Å². The number of halogens is 2. The highest BCUT2D eigenvalue weighted by Gasteiger charge is 2.56. The van der Waals surface area contributed by atoms with Crippen molar-refractivity contribution in [2.45, 2.75) is 76.5 Å². The van der Waals surface area contributed by atoms with Crippen LogP contribution in [0.3, 0.4) is 0 Å². The van der Waals surface area contributed by atoms with Gasteiger partial charge in [0.15, 0.2) is 0 Å². The predicted molar refractivity (Wildman–Crippen MR) is 114 cm³/mol. The smallest absolute Gasteiger partial charge is 0.411 e. The van der Waals surface area contributed by atoms with Crippen LogP contribution in [0.4, 0.5) is 13.6 Å². The number of piperazine rings is 1. The molecular weight excluding hydrogens is 418 g/mol. The maximum atomic E-state index is 13.8. The highest BCUT2D eigenvalue weighted by Crippen LogP contribution is 2.50. The fourth-order valence-electron chi connectivity index (χ4n) is 5.34. The molecule has 1 aromatic rings. The van der Waals surface area contributed by atoms with E-state index in [1.165, 1.54) is 17.0 Å². The number of benzene rings is 1. The van der Waals surface area contributed by atoms with Crippen molar-refractivity contribution in [3.05, 3.63) is 35.4 Å². The molecule has 1 saturated carbocycles. The Kier molecular flexibility index (Phi) is 5.94. The molecule has 0 aromatic heterocycles. The average molecular weight is 451 g/mol. The summed E-state index contributed by atoms with van der Waals surface area (Å²) >= 11 is 0. The molecule has 176 valence electrons. The van der Waals surface area contributed by atoms with Gasteiger partial charge in [0, 0.05) is 25.8 Å². The second kappa shape index (κ2) is 8.28. The van der Waals surface area contributed by atoms with E-state index in [2.05, 4.69) is 5.32 Å². The van der Waals surface area contributed by atoms with Gasteiger partial charge in [-0.25, -0.2) is 13.6 Å². The minimum absolute atomic E-state index is 0.0969. The maximum absolute atomic E-state index is 13.8. The zero-order valence-corrected chi connectivity index (χ0v) is 19.0. The largest absolute Gasteiger partial charge is 0.444 e. The summed E-state index contributed by atoms with van der Waals surface area (Å²) in [6, 6.07) is 2.45. The van der Waals surface area contributed by atoms with Gasteiger partial charge in [0.05, 0.1) is 6.04 Å². The van der Waals surface area contributed by atoms with Crippen LogP contribution in [0, 0.1) is 17.0 Å². The summed E-state index contributed by atoms with van der Waals surface area (Å²) in [7, 11) is 0. The SMILES string of the molecule is CC(C)(C)OC(=O)N1CC(c2cc(F)cc(F)c2)NC(=O)C12CCC1(CCOCC1)CC2. The van der Waals surface area contributed by atoms with Crippen molar-refractivity contribution in [3.63, 3.8) is 0 Å².